The van der Waals surface area contributed by atoms with E-state index in [9.17, 15) is 9.18 Å². The van der Waals surface area contributed by atoms with Crippen LogP contribution in [-0.2, 0) is 6.54 Å². The lowest BCUT2D eigenvalue weighted by Crippen LogP contribution is -2.10. The molecular formula is C27H23FN4O. The number of fused-ring (bicyclic) bond motifs is 3. The van der Waals surface area contributed by atoms with Gasteiger partial charge >= 0.3 is 0 Å². The van der Waals surface area contributed by atoms with Gasteiger partial charge in [-0.3, -0.25) is 9.79 Å². The zero-order valence-corrected chi connectivity index (χ0v) is 18.7. The normalized spacial score (nSPS) is 12.4. The predicted molar refractivity (Wildman–Crippen MR) is 129 cm³/mol. The second-order valence-electron chi connectivity index (χ2n) is 8.29. The van der Waals surface area contributed by atoms with Gasteiger partial charge in [-0.15, -0.1) is 0 Å². The minimum Gasteiger partial charge on any atom is -0.378 e. The summed E-state index contributed by atoms with van der Waals surface area (Å²) in [5.41, 5.74) is 5.96. The van der Waals surface area contributed by atoms with Crippen LogP contribution in [0.3, 0.4) is 0 Å². The summed E-state index contributed by atoms with van der Waals surface area (Å²) in [6.07, 6.45) is 1.98. The average Bonchev–Trinajstić information content (AvgIpc) is 3.18. The van der Waals surface area contributed by atoms with Crippen LogP contribution in [0.15, 0.2) is 77.9 Å². The summed E-state index contributed by atoms with van der Waals surface area (Å²) in [5, 5.41) is 0. The Morgan fingerprint density at radius 1 is 1.00 bits per heavy atom. The Hall–Kier alpha value is -4.06. The van der Waals surface area contributed by atoms with Gasteiger partial charge in [0.25, 0.3) is 0 Å². The number of imidazole rings is 1. The Morgan fingerprint density at radius 2 is 1.76 bits per heavy atom. The van der Waals surface area contributed by atoms with Gasteiger partial charge in [-0.2, -0.15) is 0 Å². The summed E-state index contributed by atoms with van der Waals surface area (Å²) in [5.74, 6) is 0.351. The van der Waals surface area contributed by atoms with Gasteiger partial charge in [-0.1, -0.05) is 24.3 Å². The van der Waals surface area contributed by atoms with Gasteiger partial charge in [0.05, 0.1) is 23.6 Å². The molecule has 0 N–H and O–H groups in total. The van der Waals surface area contributed by atoms with Crippen molar-refractivity contribution in [3.05, 3.63) is 101 Å². The zero-order chi connectivity index (χ0) is 23.1. The number of anilines is 1. The van der Waals surface area contributed by atoms with E-state index in [-0.39, 0.29) is 11.6 Å². The van der Waals surface area contributed by atoms with E-state index in [2.05, 4.69) is 12.1 Å². The van der Waals surface area contributed by atoms with Crippen LogP contribution in [0.25, 0.3) is 16.9 Å². The molecule has 0 spiro atoms. The smallest absolute Gasteiger partial charge is 0.159 e. The van der Waals surface area contributed by atoms with Gasteiger partial charge in [0.15, 0.2) is 5.78 Å². The van der Waals surface area contributed by atoms with E-state index in [4.69, 9.17) is 9.98 Å². The molecule has 0 bridgehead atoms. The molecule has 6 heteroatoms. The molecule has 4 aromatic rings. The van der Waals surface area contributed by atoms with E-state index >= 15 is 0 Å². The summed E-state index contributed by atoms with van der Waals surface area (Å²) in [7, 11) is 4.01. The Labute approximate surface area is 191 Å². The van der Waals surface area contributed by atoms with Gasteiger partial charge in [-0.05, 0) is 49.4 Å². The minimum absolute atomic E-state index is 0.0533. The Bertz CT molecular complexity index is 1400. The highest BCUT2D eigenvalue weighted by atomic mass is 19.1. The molecule has 0 aliphatic carbocycles. The molecular weight excluding hydrogens is 415 g/mol. The molecule has 0 saturated carbocycles. The molecule has 2 heterocycles. The lowest BCUT2D eigenvalue weighted by atomic mass is 9.97. The first kappa shape index (κ1) is 20.8. The van der Waals surface area contributed by atoms with E-state index in [1.54, 1.807) is 30.3 Å². The van der Waals surface area contributed by atoms with Crippen molar-refractivity contribution in [2.24, 2.45) is 4.99 Å². The molecule has 164 valence electrons. The second kappa shape index (κ2) is 8.13. The number of aliphatic imine (C=N–C) groups is 1. The number of carbonyl (C=O) groups excluding carboxylic acids is 1. The largest absolute Gasteiger partial charge is 0.378 e. The first-order valence-electron chi connectivity index (χ1n) is 10.7. The van der Waals surface area contributed by atoms with Crippen molar-refractivity contribution < 1.29 is 9.18 Å². The molecule has 5 rings (SSSR count). The quantitative estimate of drug-likeness (QED) is 0.407. The number of nitrogens with zero attached hydrogens (tertiary/aromatic N) is 4. The lowest BCUT2D eigenvalue weighted by Gasteiger charge is -2.13. The fraction of sp³-hybridized carbons (Fsp3) is 0.148. The van der Waals surface area contributed by atoms with Crippen LogP contribution in [0.4, 0.5) is 10.1 Å². The van der Waals surface area contributed by atoms with Gasteiger partial charge in [0.2, 0.25) is 0 Å². The van der Waals surface area contributed by atoms with E-state index in [1.807, 2.05) is 48.0 Å². The van der Waals surface area contributed by atoms with Gasteiger partial charge in [0.1, 0.15) is 11.6 Å². The first-order chi connectivity index (χ1) is 15.9. The fourth-order valence-electron chi connectivity index (χ4n) is 4.08. The third-order valence-electron chi connectivity index (χ3n) is 5.88. The second-order valence-corrected chi connectivity index (χ2v) is 8.29. The summed E-state index contributed by atoms with van der Waals surface area (Å²) in [6.45, 7) is 1.82. The molecule has 3 aromatic carbocycles. The van der Waals surface area contributed by atoms with Crippen molar-refractivity contribution in [2.75, 3.05) is 19.0 Å². The van der Waals surface area contributed by atoms with Crippen LogP contribution >= 0.6 is 0 Å². The topological polar surface area (TPSA) is 50.5 Å². The van der Waals surface area contributed by atoms with Crippen molar-refractivity contribution in [2.45, 2.75) is 13.5 Å². The minimum atomic E-state index is -0.350. The molecule has 0 radical (unpaired) electrons. The Kier molecular flexibility index (Phi) is 5.13. The van der Waals surface area contributed by atoms with Crippen LogP contribution in [-0.4, -0.2) is 35.1 Å². The molecule has 0 saturated heterocycles. The van der Waals surface area contributed by atoms with Gasteiger partial charge in [0, 0.05) is 48.2 Å². The maximum Gasteiger partial charge on any atom is 0.159 e. The van der Waals surface area contributed by atoms with Gasteiger partial charge < -0.3 is 9.47 Å². The van der Waals surface area contributed by atoms with Crippen LogP contribution in [0.5, 0.6) is 0 Å². The van der Waals surface area contributed by atoms with E-state index in [0.717, 1.165) is 28.5 Å². The van der Waals surface area contributed by atoms with E-state index < -0.39 is 0 Å². The van der Waals surface area contributed by atoms with Gasteiger partial charge in [-0.25, -0.2) is 9.37 Å². The number of rotatable bonds is 4. The van der Waals surface area contributed by atoms with Crippen LogP contribution in [0.1, 0.15) is 34.2 Å². The van der Waals surface area contributed by atoms with Crippen molar-refractivity contribution in [1.29, 1.82) is 0 Å². The summed E-state index contributed by atoms with van der Waals surface area (Å²) >= 11 is 0. The number of carbonyl (C=O) groups is 1. The zero-order valence-electron chi connectivity index (χ0n) is 18.7. The van der Waals surface area contributed by atoms with E-state index in [1.165, 1.54) is 13.0 Å². The van der Waals surface area contributed by atoms with Crippen molar-refractivity contribution in [3.8, 4) is 16.9 Å². The number of benzene rings is 3. The number of hydrogen-bond donors (Lipinski definition) is 0. The van der Waals surface area contributed by atoms with Crippen LogP contribution in [0.2, 0.25) is 0 Å². The highest BCUT2D eigenvalue weighted by Gasteiger charge is 2.23. The summed E-state index contributed by atoms with van der Waals surface area (Å²) < 4.78 is 16.7. The maximum absolute atomic E-state index is 14.7. The fourth-order valence-corrected chi connectivity index (χ4v) is 4.08. The SMILES string of the molecule is CC(=O)c1ccc2c(c1)C(c1ccccc1F)=NCc1nc(-c3ccc(N(C)C)cc3)cn1-2. The van der Waals surface area contributed by atoms with Crippen molar-refractivity contribution >= 4 is 17.2 Å². The highest BCUT2D eigenvalue weighted by molar-refractivity contribution is 6.16. The lowest BCUT2D eigenvalue weighted by molar-refractivity contribution is 0.101. The van der Waals surface area contributed by atoms with Crippen molar-refractivity contribution in [1.82, 2.24) is 9.55 Å². The molecule has 0 amide bonds. The maximum atomic E-state index is 14.7. The third-order valence-corrected chi connectivity index (χ3v) is 5.88. The molecule has 33 heavy (non-hydrogen) atoms. The number of halogens is 1. The van der Waals surface area contributed by atoms with Crippen LogP contribution in [0, 0.1) is 5.82 Å². The average molecular weight is 439 g/mol. The standard InChI is InChI=1S/C27H23FN4O/c1-17(33)19-10-13-25-22(14-19)27(21-6-4-5-7-23(21)28)29-15-26-30-24(16-32(25)26)18-8-11-20(12-9-18)31(2)3/h4-14,16H,15H2,1-3H3. The molecule has 1 aliphatic heterocycles. The number of aromatic nitrogens is 2. The number of Topliss-reactive ketones (excluding diaryl/α,β-unsaturated/α-hetero) is 1. The highest BCUT2D eigenvalue weighted by Crippen LogP contribution is 2.30. The number of ketones is 1. The molecule has 0 fully saturated rings. The molecule has 0 atom stereocenters. The third kappa shape index (κ3) is 3.74. The molecule has 1 aromatic heterocycles. The molecule has 5 nitrogen and oxygen atoms in total. The summed E-state index contributed by atoms with van der Waals surface area (Å²) in [4.78, 5) is 23.8. The number of hydrogen-bond acceptors (Lipinski definition) is 4. The Morgan fingerprint density at radius 3 is 2.45 bits per heavy atom. The monoisotopic (exact) mass is 438 g/mol. The first-order valence-corrected chi connectivity index (χ1v) is 10.7. The molecule has 0 unspecified atom stereocenters. The molecule has 1 aliphatic rings. The van der Waals surface area contributed by atoms with E-state index in [0.29, 0.717) is 28.9 Å². The Balaban J connectivity index is 1.66. The summed E-state index contributed by atoms with van der Waals surface area (Å²) in [6, 6.07) is 20.3. The van der Waals surface area contributed by atoms with Crippen LogP contribution < -0.4 is 4.90 Å². The predicted octanol–water partition coefficient (Wildman–Crippen LogP) is 5.30. The van der Waals surface area contributed by atoms with Crippen molar-refractivity contribution in [3.63, 3.8) is 0 Å².